The van der Waals surface area contributed by atoms with Crippen LogP contribution in [-0.2, 0) is 6.54 Å². The SMILES string of the molecule is CCC1CCCCN1Cc1c(-c2ccccn2)nc2ccc(N)cn12. The highest BCUT2D eigenvalue weighted by Crippen LogP contribution is 2.28. The summed E-state index contributed by atoms with van der Waals surface area (Å²) in [7, 11) is 0. The van der Waals surface area contributed by atoms with Gasteiger partial charge in [-0.05, 0) is 50.1 Å². The van der Waals surface area contributed by atoms with E-state index in [2.05, 4.69) is 21.2 Å². The zero-order chi connectivity index (χ0) is 17.2. The Balaban J connectivity index is 1.81. The number of imidazole rings is 1. The van der Waals surface area contributed by atoms with Crippen molar-refractivity contribution in [2.75, 3.05) is 12.3 Å². The molecular weight excluding hydrogens is 310 g/mol. The summed E-state index contributed by atoms with van der Waals surface area (Å²) in [5, 5.41) is 0. The first-order chi connectivity index (χ1) is 12.3. The Bertz CT molecular complexity index is 855. The molecule has 0 amide bonds. The van der Waals surface area contributed by atoms with Crippen LogP contribution in [0.3, 0.4) is 0 Å². The molecule has 1 atom stereocenters. The van der Waals surface area contributed by atoms with Crippen LogP contribution in [0.1, 0.15) is 38.3 Å². The Labute approximate surface area is 148 Å². The minimum Gasteiger partial charge on any atom is -0.398 e. The van der Waals surface area contributed by atoms with Crippen molar-refractivity contribution in [1.29, 1.82) is 0 Å². The van der Waals surface area contributed by atoms with Crippen LogP contribution in [0.2, 0.25) is 0 Å². The van der Waals surface area contributed by atoms with E-state index in [4.69, 9.17) is 10.7 Å². The summed E-state index contributed by atoms with van der Waals surface area (Å²) in [6.45, 7) is 4.32. The number of likely N-dealkylation sites (tertiary alicyclic amines) is 1. The van der Waals surface area contributed by atoms with Crippen LogP contribution in [0, 0.1) is 0 Å². The Morgan fingerprint density at radius 3 is 2.92 bits per heavy atom. The van der Waals surface area contributed by atoms with Gasteiger partial charge in [0, 0.05) is 30.7 Å². The van der Waals surface area contributed by atoms with E-state index in [1.807, 2.05) is 42.7 Å². The highest BCUT2D eigenvalue weighted by atomic mass is 15.2. The van der Waals surface area contributed by atoms with Gasteiger partial charge in [0.25, 0.3) is 0 Å². The standard InChI is InChI=1S/C20H25N5/c1-2-16-7-4-6-12-24(16)14-18-20(17-8-3-5-11-22-17)23-19-10-9-15(21)13-25(18)19/h3,5,8-11,13,16H,2,4,6-7,12,14,21H2,1H3. The van der Waals surface area contributed by atoms with Crippen molar-refractivity contribution in [2.24, 2.45) is 0 Å². The Morgan fingerprint density at radius 2 is 2.12 bits per heavy atom. The lowest BCUT2D eigenvalue weighted by Gasteiger charge is -2.35. The second-order valence-corrected chi connectivity index (χ2v) is 6.84. The minimum absolute atomic E-state index is 0.650. The molecule has 0 aliphatic carbocycles. The average Bonchev–Trinajstić information content (AvgIpc) is 3.01. The summed E-state index contributed by atoms with van der Waals surface area (Å²) in [6, 6.07) is 10.5. The number of nitrogen functional groups attached to an aromatic ring is 1. The maximum atomic E-state index is 6.05. The van der Waals surface area contributed by atoms with Crippen LogP contribution >= 0.6 is 0 Å². The number of rotatable bonds is 4. The van der Waals surface area contributed by atoms with Crippen molar-refractivity contribution in [3.63, 3.8) is 0 Å². The smallest absolute Gasteiger partial charge is 0.137 e. The Morgan fingerprint density at radius 1 is 1.20 bits per heavy atom. The van der Waals surface area contributed by atoms with Gasteiger partial charge in [-0.2, -0.15) is 0 Å². The molecule has 0 spiro atoms. The highest BCUT2D eigenvalue weighted by molar-refractivity contribution is 5.64. The number of hydrogen-bond donors (Lipinski definition) is 1. The normalized spacial score (nSPS) is 18.7. The zero-order valence-corrected chi connectivity index (χ0v) is 14.7. The van der Waals surface area contributed by atoms with Gasteiger partial charge < -0.3 is 5.73 Å². The molecule has 3 aromatic rings. The van der Waals surface area contributed by atoms with E-state index in [0.717, 1.165) is 35.8 Å². The van der Waals surface area contributed by atoms with Gasteiger partial charge in [0.05, 0.1) is 11.4 Å². The number of pyridine rings is 2. The predicted octanol–water partition coefficient (Wildman–Crippen LogP) is 3.74. The maximum Gasteiger partial charge on any atom is 0.137 e. The summed E-state index contributed by atoms with van der Waals surface area (Å²) in [4.78, 5) is 12.0. The van der Waals surface area contributed by atoms with Crippen molar-refractivity contribution in [1.82, 2.24) is 19.3 Å². The van der Waals surface area contributed by atoms with Crippen molar-refractivity contribution < 1.29 is 0 Å². The first-order valence-corrected chi connectivity index (χ1v) is 9.18. The lowest BCUT2D eigenvalue weighted by atomic mass is 9.99. The van der Waals surface area contributed by atoms with Gasteiger partial charge in [0.2, 0.25) is 0 Å². The van der Waals surface area contributed by atoms with Crippen molar-refractivity contribution in [3.8, 4) is 11.4 Å². The molecule has 1 aliphatic rings. The third kappa shape index (κ3) is 3.12. The number of aromatic nitrogens is 3. The predicted molar refractivity (Wildman–Crippen MR) is 101 cm³/mol. The van der Waals surface area contributed by atoms with Gasteiger partial charge in [-0.3, -0.25) is 14.3 Å². The second kappa shape index (κ2) is 6.84. The van der Waals surface area contributed by atoms with Crippen LogP contribution in [0.5, 0.6) is 0 Å². The summed E-state index contributed by atoms with van der Waals surface area (Å²) in [5.74, 6) is 0. The van der Waals surface area contributed by atoms with Crippen LogP contribution in [0.25, 0.3) is 17.0 Å². The van der Waals surface area contributed by atoms with Crippen molar-refractivity contribution in [2.45, 2.75) is 45.2 Å². The van der Waals surface area contributed by atoms with E-state index in [-0.39, 0.29) is 0 Å². The summed E-state index contributed by atoms with van der Waals surface area (Å²) in [5.41, 5.74) is 10.8. The highest BCUT2D eigenvalue weighted by Gasteiger charge is 2.24. The molecule has 1 aliphatic heterocycles. The van der Waals surface area contributed by atoms with Gasteiger partial charge >= 0.3 is 0 Å². The van der Waals surface area contributed by atoms with Gasteiger partial charge in [-0.1, -0.05) is 19.4 Å². The molecule has 0 saturated carbocycles. The molecule has 4 heterocycles. The van der Waals surface area contributed by atoms with Crippen molar-refractivity contribution in [3.05, 3.63) is 48.4 Å². The number of hydrogen-bond acceptors (Lipinski definition) is 4. The molecule has 0 bridgehead atoms. The zero-order valence-electron chi connectivity index (χ0n) is 14.7. The van der Waals surface area contributed by atoms with Gasteiger partial charge in [0.1, 0.15) is 11.3 Å². The fraction of sp³-hybridized carbons (Fsp3) is 0.400. The third-order valence-electron chi connectivity index (χ3n) is 5.22. The van der Waals surface area contributed by atoms with E-state index in [0.29, 0.717) is 6.04 Å². The van der Waals surface area contributed by atoms with E-state index < -0.39 is 0 Å². The fourth-order valence-corrected chi connectivity index (χ4v) is 3.89. The van der Waals surface area contributed by atoms with Gasteiger partial charge in [-0.15, -0.1) is 0 Å². The first-order valence-electron chi connectivity index (χ1n) is 9.18. The molecule has 25 heavy (non-hydrogen) atoms. The molecule has 130 valence electrons. The van der Waals surface area contributed by atoms with E-state index >= 15 is 0 Å². The third-order valence-corrected chi connectivity index (χ3v) is 5.22. The topological polar surface area (TPSA) is 59.5 Å². The van der Waals surface area contributed by atoms with E-state index in [1.165, 1.54) is 31.4 Å². The molecule has 0 radical (unpaired) electrons. The number of fused-ring (bicyclic) bond motifs is 1. The van der Waals surface area contributed by atoms with Gasteiger partial charge in [0.15, 0.2) is 0 Å². The number of anilines is 1. The molecule has 3 aromatic heterocycles. The average molecular weight is 335 g/mol. The lowest BCUT2D eigenvalue weighted by molar-refractivity contribution is 0.134. The molecule has 1 fully saturated rings. The first kappa shape index (κ1) is 16.1. The van der Waals surface area contributed by atoms with E-state index in [9.17, 15) is 0 Å². The molecule has 2 N–H and O–H groups in total. The molecule has 5 nitrogen and oxygen atoms in total. The number of piperidine rings is 1. The van der Waals surface area contributed by atoms with Crippen molar-refractivity contribution >= 4 is 11.3 Å². The lowest BCUT2D eigenvalue weighted by Crippen LogP contribution is -2.38. The fourth-order valence-electron chi connectivity index (χ4n) is 3.89. The van der Waals surface area contributed by atoms with E-state index in [1.54, 1.807) is 0 Å². The summed E-state index contributed by atoms with van der Waals surface area (Å²) >= 11 is 0. The minimum atomic E-state index is 0.650. The number of nitrogens with zero attached hydrogens (tertiary/aromatic N) is 4. The van der Waals surface area contributed by atoms with Crippen LogP contribution in [-0.4, -0.2) is 31.9 Å². The van der Waals surface area contributed by atoms with Gasteiger partial charge in [-0.25, -0.2) is 4.98 Å². The monoisotopic (exact) mass is 335 g/mol. The maximum absolute atomic E-state index is 6.05. The molecule has 1 saturated heterocycles. The summed E-state index contributed by atoms with van der Waals surface area (Å²) in [6.07, 6.45) is 8.89. The second-order valence-electron chi connectivity index (χ2n) is 6.84. The Kier molecular flexibility index (Phi) is 4.40. The quantitative estimate of drug-likeness (QED) is 0.789. The molecule has 4 rings (SSSR count). The van der Waals surface area contributed by atoms with Crippen LogP contribution in [0.15, 0.2) is 42.7 Å². The Hall–Kier alpha value is -2.40. The summed E-state index contributed by atoms with van der Waals surface area (Å²) < 4.78 is 2.14. The number of nitrogens with two attached hydrogens (primary N) is 1. The van der Waals surface area contributed by atoms with Crippen LogP contribution < -0.4 is 5.73 Å². The molecule has 5 heteroatoms. The van der Waals surface area contributed by atoms with Crippen LogP contribution in [0.4, 0.5) is 5.69 Å². The molecular formula is C20H25N5. The molecule has 0 aromatic carbocycles. The largest absolute Gasteiger partial charge is 0.398 e. The molecule has 1 unspecified atom stereocenters.